The Hall–Kier alpha value is -4.59. The summed E-state index contributed by atoms with van der Waals surface area (Å²) in [5.74, 6) is -3.35. The molecule has 0 amide bonds. The second-order valence-corrected chi connectivity index (χ2v) is 7.84. The molecule has 3 aromatic carbocycles. The molecule has 1 aliphatic heterocycles. The van der Waals surface area contributed by atoms with Gasteiger partial charge in [0.05, 0.1) is 10.5 Å². The molecule has 1 atom stereocenters. The van der Waals surface area contributed by atoms with Gasteiger partial charge < -0.3 is 10.1 Å². The Morgan fingerprint density at radius 2 is 1.50 bits per heavy atom. The number of nitrogens with one attached hydrogen (secondary N) is 1. The van der Waals surface area contributed by atoms with Gasteiger partial charge in [-0.3, -0.25) is 19.7 Å². The predicted molar refractivity (Wildman–Crippen MR) is 120 cm³/mol. The minimum absolute atomic E-state index is 0.132. The van der Waals surface area contributed by atoms with Crippen molar-refractivity contribution in [2.24, 2.45) is 0 Å². The highest BCUT2D eigenvalue weighted by molar-refractivity contribution is 6.27. The van der Waals surface area contributed by atoms with E-state index in [1.165, 1.54) is 24.3 Å². The summed E-state index contributed by atoms with van der Waals surface area (Å²) in [5, 5.41) is 15.2. The van der Waals surface area contributed by atoms with Crippen LogP contribution in [0.4, 0.5) is 4.39 Å². The largest absolute Gasteiger partial charge is 0.431 e. The number of carbonyl (C=O) groups excluding carboxylic acids is 2. The number of hydrogen-bond donors (Lipinski definition) is 1. The third-order valence-corrected chi connectivity index (χ3v) is 5.81. The third kappa shape index (κ3) is 3.55. The van der Waals surface area contributed by atoms with E-state index in [1.807, 2.05) is 30.3 Å². The van der Waals surface area contributed by atoms with E-state index in [0.717, 1.165) is 17.7 Å². The van der Waals surface area contributed by atoms with Crippen LogP contribution in [0.1, 0.15) is 37.8 Å². The van der Waals surface area contributed by atoms with Crippen molar-refractivity contribution >= 4 is 11.6 Å². The Morgan fingerprint density at radius 3 is 2.15 bits per heavy atom. The lowest BCUT2D eigenvalue weighted by molar-refractivity contribution is -0.433. The van der Waals surface area contributed by atoms with Gasteiger partial charge in [-0.15, -0.1) is 0 Å². The highest BCUT2D eigenvalue weighted by atomic mass is 19.1. The molecular formula is C26H17FN2O5. The minimum Gasteiger partial charge on any atom is -0.431 e. The summed E-state index contributed by atoms with van der Waals surface area (Å²) in [6, 6.07) is 20.4. The van der Waals surface area contributed by atoms with E-state index < -0.39 is 33.9 Å². The molecular weight excluding hydrogens is 439 g/mol. The molecule has 8 heteroatoms. The van der Waals surface area contributed by atoms with Crippen LogP contribution in [-0.2, 0) is 11.3 Å². The number of carbonyl (C=O) groups is 2. The summed E-state index contributed by atoms with van der Waals surface area (Å²) in [7, 11) is 0. The fraction of sp³-hybridized carbons (Fsp3) is 0.0769. The van der Waals surface area contributed by atoms with Gasteiger partial charge in [0, 0.05) is 17.7 Å². The lowest BCUT2D eigenvalue weighted by atomic mass is 9.77. The molecule has 168 valence electrons. The molecule has 1 aliphatic carbocycles. The van der Waals surface area contributed by atoms with E-state index in [9.17, 15) is 24.1 Å². The molecule has 1 heterocycles. The smallest absolute Gasteiger partial charge is 0.317 e. The first kappa shape index (κ1) is 21.3. The molecule has 1 unspecified atom stereocenters. The number of rotatable bonds is 5. The molecule has 0 spiro atoms. The molecule has 0 radical (unpaired) electrons. The number of ketones is 2. The molecule has 0 saturated heterocycles. The van der Waals surface area contributed by atoms with Crippen molar-refractivity contribution in [2.45, 2.75) is 12.5 Å². The van der Waals surface area contributed by atoms with Crippen molar-refractivity contribution in [1.82, 2.24) is 5.32 Å². The Labute approximate surface area is 193 Å². The minimum atomic E-state index is -1.23. The van der Waals surface area contributed by atoms with E-state index in [-0.39, 0.29) is 34.9 Å². The summed E-state index contributed by atoms with van der Waals surface area (Å²) in [5.41, 5.74) is 0.870. The first-order valence-electron chi connectivity index (χ1n) is 10.5. The van der Waals surface area contributed by atoms with Crippen LogP contribution in [0.5, 0.6) is 0 Å². The zero-order valence-electron chi connectivity index (χ0n) is 17.7. The lowest BCUT2D eigenvalue weighted by Crippen LogP contribution is -2.35. The van der Waals surface area contributed by atoms with E-state index in [2.05, 4.69) is 5.32 Å². The Bertz CT molecular complexity index is 1390. The van der Waals surface area contributed by atoms with E-state index in [0.29, 0.717) is 5.56 Å². The number of hydrogen-bond acceptors (Lipinski definition) is 6. The molecule has 1 N–H and O–H groups in total. The maximum absolute atomic E-state index is 13.6. The fourth-order valence-corrected chi connectivity index (χ4v) is 4.23. The number of fused-ring (bicyclic) bond motifs is 1. The van der Waals surface area contributed by atoms with Crippen molar-refractivity contribution in [3.63, 3.8) is 0 Å². The fourth-order valence-electron chi connectivity index (χ4n) is 4.23. The standard InChI is InChI=1S/C26H17FN2O5/c27-17-12-10-16(11-13-17)20-21-23(30)18-8-4-5-9-19(18)24(31)25(21)34-26(22(20)29(32)33)28-14-15-6-2-1-3-7-15/h1-13,20,28H,14H2. The monoisotopic (exact) mass is 456 g/mol. The molecule has 2 aliphatic rings. The number of benzene rings is 3. The van der Waals surface area contributed by atoms with Crippen LogP contribution in [0.25, 0.3) is 0 Å². The summed E-state index contributed by atoms with van der Waals surface area (Å²) in [6.45, 7) is 0.186. The number of allylic oxidation sites excluding steroid dienone is 2. The highest BCUT2D eigenvalue weighted by Crippen LogP contribution is 2.44. The zero-order valence-corrected chi connectivity index (χ0v) is 17.7. The van der Waals surface area contributed by atoms with Gasteiger partial charge in [-0.2, -0.15) is 0 Å². The molecule has 34 heavy (non-hydrogen) atoms. The highest BCUT2D eigenvalue weighted by Gasteiger charge is 2.48. The Kier molecular flexibility index (Phi) is 5.25. The average Bonchev–Trinajstić information content (AvgIpc) is 2.86. The van der Waals surface area contributed by atoms with Gasteiger partial charge in [0.15, 0.2) is 11.5 Å². The summed E-state index contributed by atoms with van der Waals surface area (Å²) in [4.78, 5) is 38.4. The SMILES string of the molecule is O=C1C2=C(C(=O)c3ccccc31)C(c1ccc(F)cc1)C([N+](=O)[O-])=C(NCc1ccccc1)O2. The van der Waals surface area contributed by atoms with Gasteiger partial charge in [-0.05, 0) is 23.3 Å². The number of ether oxygens (including phenoxy) is 1. The first-order chi connectivity index (χ1) is 16.5. The van der Waals surface area contributed by atoms with Gasteiger partial charge in [0.25, 0.3) is 5.88 Å². The predicted octanol–water partition coefficient (Wildman–Crippen LogP) is 4.51. The summed E-state index contributed by atoms with van der Waals surface area (Å²) < 4.78 is 19.4. The third-order valence-electron chi connectivity index (χ3n) is 5.81. The van der Waals surface area contributed by atoms with Crippen LogP contribution in [-0.4, -0.2) is 16.5 Å². The summed E-state index contributed by atoms with van der Waals surface area (Å²) >= 11 is 0. The van der Waals surface area contributed by atoms with Crippen LogP contribution in [0, 0.1) is 15.9 Å². The van der Waals surface area contributed by atoms with Crippen LogP contribution >= 0.6 is 0 Å². The van der Waals surface area contributed by atoms with Crippen molar-refractivity contribution in [2.75, 3.05) is 0 Å². The van der Waals surface area contributed by atoms with Gasteiger partial charge in [0.2, 0.25) is 5.78 Å². The van der Waals surface area contributed by atoms with Gasteiger partial charge in [0.1, 0.15) is 11.7 Å². The average molecular weight is 456 g/mol. The number of halogens is 1. The molecule has 0 saturated carbocycles. The maximum Gasteiger partial charge on any atom is 0.317 e. The normalized spacial score (nSPS) is 17.1. The van der Waals surface area contributed by atoms with Crippen molar-refractivity contribution < 1.29 is 23.6 Å². The van der Waals surface area contributed by atoms with E-state index in [4.69, 9.17) is 4.74 Å². The zero-order chi connectivity index (χ0) is 23.8. The van der Waals surface area contributed by atoms with Gasteiger partial charge in [-0.25, -0.2) is 4.39 Å². The van der Waals surface area contributed by atoms with Crippen molar-refractivity contribution in [1.29, 1.82) is 0 Å². The molecule has 0 aromatic heterocycles. The van der Waals surface area contributed by atoms with Crippen LogP contribution < -0.4 is 5.32 Å². The maximum atomic E-state index is 13.6. The second kappa shape index (κ2) is 8.40. The first-order valence-corrected chi connectivity index (χ1v) is 10.5. The summed E-state index contributed by atoms with van der Waals surface area (Å²) in [6.07, 6.45) is 0. The van der Waals surface area contributed by atoms with Gasteiger partial charge >= 0.3 is 5.70 Å². The number of nitro groups is 1. The van der Waals surface area contributed by atoms with E-state index in [1.54, 1.807) is 12.1 Å². The number of nitrogens with zero attached hydrogens (tertiary/aromatic N) is 1. The number of Topliss-reactive ketones (excluding diaryl/α,β-unsaturated/α-hetero) is 2. The molecule has 0 bridgehead atoms. The van der Waals surface area contributed by atoms with Crippen LogP contribution in [0.2, 0.25) is 0 Å². The second-order valence-electron chi connectivity index (χ2n) is 7.84. The van der Waals surface area contributed by atoms with Gasteiger partial charge in [-0.1, -0.05) is 66.7 Å². The lowest BCUT2D eigenvalue weighted by Gasteiger charge is -2.30. The molecule has 7 nitrogen and oxygen atoms in total. The molecule has 0 fully saturated rings. The topological polar surface area (TPSA) is 98.5 Å². The van der Waals surface area contributed by atoms with Crippen LogP contribution in [0.3, 0.4) is 0 Å². The van der Waals surface area contributed by atoms with Crippen molar-refractivity contribution in [3.05, 3.63) is 140 Å². The quantitative estimate of drug-likeness (QED) is 0.448. The Morgan fingerprint density at radius 1 is 0.882 bits per heavy atom. The van der Waals surface area contributed by atoms with Crippen LogP contribution in [0.15, 0.2) is 102 Å². The Balaban J connectivity index is 1.67. The molecule has 3 aromatic rings. The van der Waals surface area contributed by atoms with Crippen molar-refractivity contribution in [3.8, 4) is 0 Å². The van der Waals surface area contributed by atoms with E-state index >= 15 is 0 Å². The molecule has 5 rings (SSSR count).